The first kappa shape index (κ1) is 18.7. The van der Waals surface area contributed by atoms with Crippen molar-refractivity contribution in [3.8, 4) is 0 Å². The Kier molecular flexibility index (Phi) is 5.12. The maximum Gasteiger partial charge on any atom is 0.256 e. The molecule has 1 unspecified atom stereocenters. The predicted octanol–water partition coefficient (Wildman–Crippen LogP) is 4.99. The van der Waals surface area contributed by atoms with Crippen LogP contribution in [-0.4, -0.2) is 32.1 Å². The van der Waals surface area contributed by atoms with Crippen molar-refractivity contribution in [2.24, 2.45) is 0 Å². The highest BCUT2D eigenvalue weighted by molar-refractivity contribution is 6.43. The summed E-state index contributed by atoms with van der Waals surface area (Å²) in [5.74, 6) is 1.38. The molecule has 0 bridgehead atoms. The van der Waals surface area contributed by atoms with Crippen LogP contribution in [0, 0.1) is 5.82 Å². The topological polar surface area (TPSA) is 51.0 Å². The average molecular weight is 411 g/mol. The molecule has 8 heteroatoms. The molecule has 1 aliphatic carbocycles. The Morgan fingerprint density at radius 2 is 1.78 bits per heavy atom. The molecule has 0 spiro atoms. The molecule has 0 saturated heterocycles. The van der Waals surface area contributed by atoms with E-state index in [9.17, 15) is 9.18 Å². The van der Waals surface area contributed by atoms with Crippen LogP contribution in [-0.2, 0) is 6.54 Å². The van der Waals surface area contributed by atoms with E-state index in [1.807, 2.05) is 6.92 Å². The number of halogens is 3. The molecule has 0 radical (unpaired) electrons. The molecule has 2 heterocycles. The van der Waals surface area contributed by atoms with Crippen molar-refractivity contribution in [2.45, 2.75) is 57.5 Å². The monoisotopic (exact) mass is 410 g/mol. The lowest BCUT2D eigenvalue weighted by Crippen LogP contribution is -2.41. The summed E-state index contributed by atoms with van der Waals surface area (Å²) in [7, 11) is 0. The minimum absolute atomic E-state index is 0.0520. The van der Waals surface area contributed by atoms with Gasteiger partial charge >= 0.3 is 0 Å². The number of carbonyl (C=O) groups is 1. The standard InChI is InChI=1S/C19H21Cl2FN4O/c1-11-17-23-24-18(12-5-3-2-4-6-12)26(17)10-9-25(11)19(27)13-7-8-14(22)16(21)15(13)20/h7-8,11-12H,2-6,9-10H2,1H3. The first-order valence-electron chi connectivity index (χ1n) is 9.36. The van der Waals surface area contributed by atoms with Crippen molar-refractivity contribution in [1.82, 2.24) is 19.7 Å². The van der Waals surface area contributed by atoms with E-state index in [0.717, 1.165) is 24.5 Å². The molecule has 0 N–H and O–H groups in total. The minimum atomic E-state index is -0.637. The van der Waals surface area contributed by atoms with Crippen molar-refractivity contribution in [2.75, 3.05) is 6.54 Å². The zero-order valence-corrected chi connectivity index (χ0v) is 16.6. The molecule has 1 atom stereocenters. The summed E-state index contributed by atoms with van der Waals surface area (Å²) in [5, 5.41) is 8.57. The summed E-state index contributed by atoms with van der Waals surface area (Å²) >= 11 is 12.0. The van der Waals surface area contributed by atoms with Crippen LogP contribution >= 0.6 is 23.2 Å². The van der Waals surface area contributed by atoms with Crippen LogP contribution in [0.2, 0.25) is 10.0 Å². The Morgan fingerprint density at radius 1 is 1.07 bits per heavy atom. The molecular weight excluding hydrogens is 390 g/mol. The number of carbonyl (C=O) groups excluding carboxylic acids is 1. The SMILES string of the molecule is CC1c2nnc(C3CCCCC3)n2CCN1C(=O)c1ccc(F)c(Cl)c1Cl. The van der Waals surface area contributed by atoms with E-state index in [4.69, 9.17) is 23.2 Å². The fourth-order valence-corrected chi connectivity index (χ4v) is 4.59. The number of nitrogens with zero attached hydrogens (tertiary/aromatic N) is 4. The van der Waals surface area contributed by atoms with E-state index in [0.29, 0.717) is 19.0 Å². The third kappa shape index (κ3) is 3.23. The van der Waals surface area contributed by atoms with E-state index < -0.39 is 5.82 Å². The fraction of sp³-hybridized carbons (Fsp3) is 0.526. The van der Waals surface area contributed by atoms with Gasteiger partial charge in [-0.1, -0.05) is 42.5 Å². The summed E-state index contributed by atoms with van der Waals surface area (Å²) in [6.07, 6.45) is 6.06. The van der Waals surface area contributed by atoms with Crippen LogP contribution in [0.4, 0.5) is 4.39 Å². The second kappa shape index (κ2) is 7.40. The lowest BCUT2D eigenvalue weighted by Gasteiger charge is -2.35. The van der Waals surface area contributed by atoms with Crippen LogP contribution in [0.25, 0.3) is 0 Å². The molecular formula is C19H21Cl2FN4O. The third-order valence-electron chi connectivity index (χ3n) is 5.71. The quantitative estimate of drug-likeness (QED) is 0.655. The molecule has 4 rings (SSSR count). The predicted molar refractivity (Wildman–Crippen MR) is 102 cm³/mol. The highest BCUT2D eigenvalue weighted by Gasteiger charge is 2.34. The number of amides is 1. The number of rotatable bonds is 2. The Bertz CT molecular complexity index is 879. The second-order valence-corrected chi connectivity index (χ2v) is 8.06. The molecule has 1 saturated carbocycles. The second-order valence-electron chi connectivity index (χ2n) is 7.30. The number of benzene rings is 1. The van der Waals surface area contributed by atoms with E-state index in [-0.39, 0.29) is 27.6 Å². The Morgan fingerprint density at radius 3 is 2.52 bits per heavy atom. The molecule has 2 aliphatic rings. The maximum absolute atomic E-state index is 13.6. The average Bonchev–Trinajstić information content (AvgIpc) is 3.12. The Labute approximate surface area is 167 Å². The van der Waals surface area contributed by atoms with Crippen molar-refractivity contribution >= 4 is 29.1 Å². The van der Waals surface area contributed by atoms with E-state index in [2.05, 4.69) is 14.8 Å². The molecule has 2 aromatic rings. The van der Waals surface area contributed by atoms with Gasteiger partial charge in [-0.2, -0.15) is 0 Å². The third-order valence-corrected chi connectivity index (χ3v) is 6.57. The van der Waals surface area contributed by atoms with E-state index in [1.54, 1.807) is 4.90 Å². The largest absolute Gasteiger partial charge is 0.327 e. The van der Waals surface area contributed by atoms with Gasteiger partial charge in [0, 0.05) is 19.0 Å². The molecule has 5 nitrogen and oxygen atoms in total. The summed E-state index contributed by atoms with van der Waals surface area (Å²) in [6.45, 7) is 3.11. The lowest BCUT2D eigenvalue weighted by atomic mass is 9.88. The summed E-state index contributed by atoms with van der Waals surface area (Å²) in [4.78, 5) is 14.7. The molecule has 1 fully saturated rings. The van der Waals surface area contributed by atoms with Crippen molar-refractivity contribution in [3.63, 3.8) is 0 Å². The summed E-state index contributed by atoms with van der Waals surface area (Å²) in [6, 6.07) is 2.31. The molecule has 1 aromatic carbocycles. The number of hydrogen-bond acceptors (Lipinski definition) is 3. The van der Waals surface area contributed by atoms with Gasteiger partial charge in [-0.25, -0.2) is 4.39 Å². The van der Waals surface area contributed by atoms with Gasteiger partial charge in [0.25, 0.3) is 5.91 Å². The van der Waals surface area contributed by atoms with Gasteiger partial charge in [0.1, 0.15) is 11.6 Å². The minimum Gasteiger partial charge on any atom is -0.327 e. The fourth-order valence-electron chi connectivity index (χ4n) is 4.19. The van der Waals surface area contributed by atoms with Crippen LogP contribution in [0.15, 0.2) is 12.1 Å². The normalized spacial score (nSPS) is 20.6. The van der Waals surface area contributed by atoms with Gasteiger partial charge in [-0.15, -0.1) is 10.2 Å². The van der Waals surface area contributed by atoms with Crippen LogP contribution < -0.4 is 0 Å². The highest BCUT2D eigenvalue weighted by atomic mass is 35.5. The van der Waals surface area contributed by atoms with E-state index >= 15 is 0 Å². The smallest absolute Gasteiger partial charge is 0.256 e. The zero-order valence-electron chi connectivity index (χ0n) is 15.1. The number of aromatic nitrogens is 3. The van der Waals surface area contributed by atoms with Crippen molar-refractivity contribution < 1.29 is 9.18 Å². The van der Waals surface area contributed by atoms with Gasteiger partial charge in [-0.05, 0) is 31.9 Å². The van der Waals surface area contributed by atoms with Gasteiger partial charge in [-0.3, -0.25) is 4.79 Å². The van der Waals surface area contributed by atoms with Crippen LogP contribution in [0.1, 0.15) is 73.0 Å². The first-order valence-corrected chi connectivity index (χ1v) is 10.1. The highest BCUT2D eigenvalue weighted by Crippen LogP contribution is 2.36. The molecule has 144 valence electrons. The van der Waals surface area contributed by atoms with Crippen molar-refractivity contribution in [1.29, 1.82) is 0 Å². The number of hydrogen-bond donors (Lipinski definition) is 0. The Balaban J connectivity index is 1.61. The lowest BCUT2D eigenvalue weighted by molar-refractivity contribution is 0.0635. The maximum atomic E-state index is 13.6. The van der Waals surface area contributed by atoms with E-state index in [1.165, 1.54) is 31.4 Å². The van der Waals surface area contributed by atoms with Gasteiger partial charge < -0.3 is 9.47 Å². The Hall–Kier alpha value is -1.66. The molecule has 1 aromatic heterocycles. The van der Waals surface area contributed by atoms with Crippen LogP contribution in [0.5, 0.6) is 0 Å². The molecule has 1 aliphatic heterocycles. The van der Waals surface area contributed by atoms with Crippen LogP contribution in [0.3, 0.4) is 0 Å². The van der Waals surface area contributed by atoms with Gasteiger partial charge in [0.05, 0.1) is 21.7 Å². The first-order chi connectivity index (χ1) is 13.0. The summed E-state index contributed by atoms with van der Waals surface area (Å²) < 4.78 is 15.7. The zero-order chi connectivity index (χ0) is 19.1. The molecule has 1 amide bonds. The van der Waals surface area contributed by atoms with Gasteiger partial charge in [0.15, 0.2) is 5.82 Å². The number of fused-ring (bicyclic) bond motifs is 1. The molecule has 27 heavy (non-hydrogen) atoms. The summed E-state index contributed by atoms with van der Waals surface area (Å²) in [5.41, 5.74) is 0.204. The van der Waals surface area contributed by atoms with Gasteiger partial charge in [0.2, 0.25) is 0 Å². The van der Waals surface area contributed by atoms with Crippen molar-refractivity contribution in [3.05, 3.63) is 45.2 Å².